The van der Waals surface area contributed by atoms with Crippen LogP contribution in [0.15, 0.2) is 41.4 Å². The highest BCUT2D eigenvalue weighted by molar-refractivity contribution is 7.89. The summed E-state index contributed by atoms with van der Waals surface area (Å²) >= 11 is 5.92. The molecule has 112 valence electrons. The zero-order valence-electron chi connectivity index (χ0n) is 11.7. The van der Waals surface area contributed by atoms with Crippen LogP contribution in [-0.2, 0) is 16.6 Å². The number of nitrogens with two attached hydrogens (primary N) is 1. The van der Waals surface area contributed by atoms with E-state index < -0.39 is 10.0 Å². The summed E-state index contributed by atoms with van der Waals surface area (Å²) in [6.45, 7) is 1.84. The number of nitrogen functional groups attached to an aromatic ring is 1. The molecule has 0 aliphatic carbocycles. The second kappa shape index (κ2) is 6.01. The molecule has 0 fully saturated rings. The minimum atomic E-state index is -3.68. The molecule has 2 N–H and O–H groups in total. The number of pyridine rings is 1. The van der Waals surface area contributed by atoms with Crippen molar-refractivity contribution in [3.8, 4) is 0 Å². The smallest absolute Gasteiger partial charge is 0.243 e. The van der Waals surface area contributed by atoms with Crippen molar-refractivity contribution in [2.75, 3.05) is 12.8 Å². The lowest BCUT2D eigenvalue weighted by Gasteiger charge is -2.19. The fraction of sp³-hybridized carbons (Fsp3) is 0.214. The molecule has 0 atom stereocenters. The third kappa shape index (κ3) is 3.34. The Bertz CT molecular complexity index is 748. The Hall–Kier alpha value is -1.63. The molecule has 0 aliphatic rings. The van der Waals surface area contributed by atoms with Crippen LogP contribution in [-0.4, -0.2) is 24.8 Å². The minimum Gasteiger partial charge on any atom is -0.398 e. The van der Waals surface area contributed by atoms with Gasteiger partial charge in [-0.15, -0.1) is 0 Å². The third-order valence-electron chi connectivity index (χ3n) is 3.16. The topological polar surface area (TPSA) is 76.3 Å². The summed E-state index contributed by atoms with van der Waals surface area (Å²) in [5.74, 6) is 0. The fourth-order valence-electron chi connectivity index (χ4n) is 1.91. The molecular weight excluding hydrogens is 310 g/mol. The van der Waals surface area contributed by atoms with E-state index in [1.54, 1.807) is 25.3 Å². The zero-order valence-corrected chi connectivity index (χ0v) is 13.3. The maximum absolute atomic E-state index is 12.6. The molecule has 7 heteroatoms. The van der Waals surface area contributed by atoms with Crippen LogP contribution in [0.5, 0.6) is 0 Å². The lowest BCUT2D eigenvalue weighted by atomic mass is 10.2. The summed E-state index contributed by atoms with van der Waals surface area (Å²) < 4.78 is 26.5. The number of aromatic nitrogens is 1. The first-order chi connectivity index (χ1) is 9.82. The average Bonchev–Trinajstić information content (AvgIpc) is 2.43. The molecule has 0 saturated carbocycles. The molecule has 0 radical (unpaired) electrons. The summed E-state index contributed by atoms with van der Waals surface area (Å²) in [4.78, 5) is 4.24. The van der Waals surface area contributed by atoms with E-state index in [2.05, 4.69) is 4.98 Å². The molecule has 0 amide bonds. The van der Waals surface area contributed by atoms with Gasteiger partial charge in [0, 0.05) is 24.0 Å². The molecule has 0 unspecified atom stereocenters. The van der Waals surface area contributed by atoms with Gasteiger partial charge < -0.3 is 5.73 Å². The van der Waals surface area contributed by atoms with Gasteiger partial charge in [0.2, 0.25) is 10.0 Å². The zero-order chi connectivity index (χ0) is 15.6. The van der Waals surface area contributed by atoms with E-state index in [1.807, 2.05) is 6.07 Å². The summed E-state index contributed by atoms with van der Waals surface area (Å²) in [5, 5.41) is 0.294. The van der Waals surface area contributed by atoms with Crippen LogP contribution in [0.2, 0.25) is 5.02 Å². The van der Waals surface area contributed by atoms with E-state index in [0.29, 0.717) is 22.0 Å². The Balaban J connectivity index is 2.38. The minimum absolute atomic E-state index is 0.117. The molecule has 5 nitrogen and oxygen atoms in total. The maximum atomic E-state index is 12.6. The molecule has 0 bridgehead atoms. The summed E-state index contributed by atoms with van der Waals surface area (Å²) in [6.07, 6.45) is 1.62. The first-order valence-corrected chi connectivity index (χ1v) is 8.06. The lowest BCUT2D eigenvalue weighted by Crippen LogP contribution is -2.27. The second-order valence-electron chi connectivity index (χ2n) is 4.70. The van der Waals surface area contributed by atoms with Crippen LogP contribution in [0.3, 0.4) is 0 Å². The van der Waals surface area contributed by atoms with E-state index in [0.717, 1.165) is 0 Å². The van der Waals surface area contributed by atoms with Crippen LogP contribution >= 0.6 is 11.6 Å². The molecule has 0 spiro atoms. The lowest BCUT2D eigenvalue weighted by molar-refractivity contribution is 0.462. The van der Waals surface area contributed by atoms with Crippen molar-refractivity contribution in [1.29, 1.82) is 0 Å². The highest BCUT2D eigenvalue weighted by Crippen LogP contribution is 2.28. The standard InChI is InChI=1S/C14H16ClN3O2S/c1-10-13(16)7-11(15)8-14(10)21(19,20)18(2)9-12-5-3-4-6-17-12/h3-8H,9,16H2,1-2H3. The van der Waals surface area contributed by atoms with Crippen molar-refractivity contribution >= 4 is 27.3 Å². The number of hydrogen-bond acceptors (Lipinski definition) is 4. The van der Waals surface area contributed by atoms with E-state index in [9.17, 15) is 8.42 Å². The van der Waals surface area contributed by atoms with Crippen LogP contribution in [0.1, 0.15) is 11.3 Å². The Labute approximate surface area is 129 Å². The van der Waals surface area contributed by atoms with E-state index in [4.69, 9.17) is 17.3 Å². The Morgan fingerprint density at radius 3 is 2.67 bits per heavy atom. The predicted octanol–water partition coefficient (Wildman–Crippen LogP) is 2.45. The highest BCUT2D eigenvalue weighted by Gasteiger charge is 2.24. The van der Waals surface area contributed by atoms with Crippen molar-refractivity contribution in [1.82, 2.24) is 9.29 Å². The van der Waals surface area contributed by atoms with Gasteiger partial charge in [-0.3, -0.25) is 4.98 Å². The van der Waals surface area contributed by atoms with Gasteiger partial charge in [0.15, 0.2) is 0 Å². The highest BCUT2D eigenvalue weighted by atomic mass is 35.5. The number of benzene rings is 1. The largest absolute Gasteiger partial charge is 0.398 e. The molecule has 0 saturated heterocycles. The van der Waals surface area contributed by atoms with E-state index in [-0.39, 0.29) is 11.4 Å². The first-order valence-electron chi connectivity index (χ1n) is 6.24. The van der Waals surface area contributed by atoms with Gasteiger partial charge in [-0.1, -0.05) is 17.7 Å². The normalized spacial score (nSPS) is 11.8. The Morgan fingerprint density at radius 2 is 2.05 bits per heavy atom. The van der Waals surface area contributed by atoms with Gasteiger partial charge in [-0.25, -0.2) is 8.42 Å². The first kappa shape index (κ1) is 15.8. The number of sulfonamides is 1. The van der Waals surface area contributed by atoms with Gasteiger partial charge in [0.05, 0.1) is 17.1 Å². The SMILES string of the molecule is Cc1c(N)cc(Cl)cc1S(=O)(=O)N(C)Cc1ccccn1. The quantitative estimate of drug-likeness (QED) is 0.876. The number of rotatable bonds is 4. The van der Waals surface area contributed by atoms with Gasteiger partial charge in [-0.05, 0) is 36.8 Å². The Kier molecular flexibility index (Phi) is 4.51. The summed E-state index contributed by atoms with van der Waals surface area (Å²) in [7, 11) is -2.18. The monoisotopic (exact) mass is 325 g/mol. The van der Waals surface area contributed by atoms with Crippen LogP contribution in [0.4, 0.5) is 5.69 Å². The number of hydrogen-bond donors (Lipinski definition) is 1. The average molecular weight is 326 g/mol. The third-order valence-corrected chi connectivity index (χ3v) is 5.31. The second-order valence-corrected chi connectivity index (χ2v) is 7.15. The van der Waals surface area contributed by atoms with E-state index >= 15 is 0 Å². The molecule has 2 rings (SSSR count). The molecule has 1 aromatic heterocycles. The fourth-order valence-corrected chi connectivity index (χ4v) is 3.62. The number of halogens is 1. The molecule has 1 aromatic carbocycles. The van der Waals surface area contributed by atoms with Crippen LogP contribution in [0, 0.1) is 6.92 Å². The van der Waals surface area contributed by atoms with Crippen molar-refractivity contribution in [3.05, 3.63) is 52.8 Å². The van der Waals surface area contributed by atoms with Crippen molar-refractivity contribution in [2.45, 2.75) is 18.4 Å². The van der Waals surface area contributed by atoms with Gasteiger partial charge in [-0.2, -0.15) is 4.31 Å². The van der Waals surface area contributed by atoms with Crippen molar-refractivity contribution < 1.29 is 8.42 Å². The van der Waals surface area contributed by atoms with Crippen molar-refractivity contribution in [2.24, 2.45) is 0 Å². The van der Waals surface area contributed by atoms with Crippen LogP contribution < -0.4 is 5.73 Å². The van der Waals surface area contributed by atoms with Gasteiger partial charge in [0.1, 0.15) is 0 Å². The van der Waals surface area contributed by atoms with Gasteiger partial charge in [0.25, 0.3) is 0 Å². The number of anilines is 1. The summed E-state index contributed by atoms with van der Waals surface area (Å²) in [5.41, 5.74) is 7.30. The predicted molar refractivity (Wildman–Crippen MR) is 83.5 cm³/mol. The molecule has 2 aromatic rings. The Morgan fingerprint density at radius 1 is 1.33 bits per heavy atom. The van der Waals surface area contributed by atoms with E-state index in [1.165, 1.54) is 23.5 Å². The van der Waals surface area contributed by atoms with Crippen LogP contribution in [0.25, 0.3) is 0 Å². The van der Waals surface area contributed by atoms with Crippen molar-refractivity contribution in [3.63, 3.8) is 0 Å². The molecular formula is C14H16ClN3O2S. The van der Waals surface area contributed by atoms with Gasteiger partial charge >= 0.3 is 0 Å². The maximum Gasteiger partial charge on any atom is 0.243 e. The molecule has 0 aliphatic heterocycles. The molecule has 1 heterocycles. The molecule has 21 heavy (non-hydrogen) atoms. The number of nitrogens with zero attached hydrogens (tertiary/aromatic N) is 2. The summed E-state index contributed by atoms with van der Waals surface area (Å²) in [6, 6.07) is 8.31.